The molecule has 1 aromatic carbocycles. The number of nitrogens with one attached hydrogen (secondary N) is 1. The topological polar surface area (TPSA) is 24.9 Å². The summed E-state index contributed by atoms with van der Waals surface area (Å²) in [6, 6.07) is 4.42. The molecule has 17 heavy (non-hydrogen) atoms. The number of nitrogens with zero attached hydrogens (tertiary/aromatic N) is 1. The lowest BCUT2D eigenvalue weighted by atomic mass is 10.1. The number of hydrogen-bond acceptors (Lipinski definition) is 3. The Hall–Kier alpha value is -1.35. The van der Waals surface area contributed by atoms with Crippen molar-refractivity contribution < 1.29 is 0 Å². The van der Waals surface area contributed by atoms with Gasteiger partial charge in [-0.15, -0.1) is 11.3 Å². The molecule has 0 unspecified atom stereocenters. The minimum Gasteiger partial charge on any atom is -0.378 e. The number of benzene rings is 1. The number of anilines is 1. The van der Waals surface area contributed by atoms with E-state index in [0.717, 1.165) is 17.2 Å². The average Bonchev–Trinajstić information content (AvgIpc) is 2.62. The first-order valence-electron chi connectivity index (χ1n) is 5.79. The maximum absolute atomic E-state index is 4.46. The quantitative estimate of drug-likeness (QED) is 0.885. The Morgan fingerprint density at radius 1 is 1.12 bits per heavy atom. The second kappa shape index (κ2) is 4.88. The maximum atomic E-state index is 4.46. The lowest BCUT2D eigenvalue weighted by Crippen LogP contribution is -2.03. The van der Waals surface area contributed by atoms with Gasteiger partial charge in [0.05, 0.1) is 6.54 Å². The Kier molecular flexibility index (Phi) is 3.48. The molecule has 3 heteroatoms. The first kappa shape index (κ1) is 12.1. The van der Waals surface area contributed by atoms with Crippen LogP contribution in [0.2, 0.25) is 0 Å². The fourth-order valence-electron chi connectivity index (χ4n) is 2.11. The van der Waals surface area contributed by atoms with Crippen LogP contribution in [0.3, 0.4) is 0 Å². The smallest absolute Gasteiger partial charge is 0.112 e. The van der Waals surface area contributed by atoms with Crippen molar-refractivity contribution >= 4 is 17.0 Å². The Balaban J connectivity index is 2.14. The van der Waals surface area contributed by atoms with E-state index in [2.05, 4.69) is 48.6 Å². The molecule has 0 saturated heterocycles. The summed E-state index contributed by atoms with van der Waals surface area (Å²) in [5.74, 6) is 0. The van der Waals surface area contributed by atoms with Gasteiger partial charge in [0.25, 0.3) is 0 Å². The summed E-state index contributed by atoms with van der Waals surface area (Å²) in [5, 5.41) is 6.72. The molecule has 0 aliphatic rings. The van der Waals surface area contributed by atoms with Crippen LogP contribution in [0.5, 0.6) is 0 Å². The molecule has 1 heterocycles. The fraction of sp³-hybridized carbons (Fsp3) is 0.357. The minimum absolute atomic E-state index is 0.809. The van der Waals surface area contributed by atoms with Gasteiger partial charge in [-0.2, -0.15) is 0 Å². The molecule has 90 valence electrons. The zero-order valence-electron chi connectivity index (χ0n) is 10.8. The van der Waals surface area contributed by atoms with Gasteiger partial charge >= 0.3 is 0 Å². The van der Waals surface area contributed by atoms with Gasteiger partial charge < -0.3 is 5.32 Å². The molecule has 1 aromatic heterocycles. The van der Waals surface area contributed by atoms with Crippen LogP contribution in [-0.4, -0.2) is 4.98 Å². The second-order valence-corrected chi connectivity index (χ2v) is 5.45. The third-order valence-electron chi connectivity index (χ3n) is 2.76. The van der Waals surface area contributed by atoms with Crippen LogP contribution in [0.15, 0.2) is 17.5 Å². The molecule has 2 nitrogen and oxygen atoms in total. The summed E-state index contributed by atoms with van der Waals surface area (Å²) >= 11 is 1.71. The van der Waals surface area contributed by atoms with Crippen LogP contribution in [0.4, 0.5) is 5.69 Å². The van der Waals surface area contributed by atoms with E-state index in [-0.39, 0.29) is 0 Å². The number of hydrogen-bond donors (Lipinski definition) is 1. The van der Waals surface area contributed by atoms with Crippen molar-refractivity contribution in [1.82, 2.24) is 4.98 Å². The lowest BCUT2D eigenvalue weighted by molar-refractivity contribution is 1.07. The van der Waals surface area contributed by atoms with Gasteiger partial charge in [-0.25, -0.2) is 4.98 Å². The molecule has 0 spiro atoms. The monoisotopic (exact) mass is 246 g/mol. The number of rotatable bonds is 3. The molecular weight excluding hydrogens is 228 g/mol. The van der Waals surface area contributed by atoms with E-state index in [4.69, 9.17) is 0 Å². The second-order valence-electron chi connectivity index (χ2n) is 4.51. The van der Waals surface area contributed by atoms with Crippen LogP contribution in [0.1, 0.15) is 27.4 Å². The summed E-state index contributed by atoms with van der Waals surface area (Å²) in [6.07, 6.45) is 0. The molecule has 0 atom stereocenters. The Bertz CT molecular complexity index is 506. The van der Waals surface area contributed by atoms with E-state index in [0.29, 0.717) is 0 Å². The highest BCUT2D eigenvalue weighted by molar-refractivity contribution is 7.09. The van der Waals surface area contributed by atoms with E-state index in [1.54, 1.807) is 11.3 Å². The van der Waals surface area contributed by atoms with E-state index in [9.17, 15) is 0 Å². The van der Waals surface area contributed by atoms with E-state index in [1.807, 2.05) is 6.92 Å². The molecule has 1 N–H and O–H groups in total. The van der Waals surface area contributed by atoms with Crippen LogP contribution in [0, 0.1) is 27.7 Å². The third-order valence-corrected chi connectivity index (χ3v) is 3.73. The van der Waals surface area contributed by atoms with Crippen molar-refractivity contribution in [1.29, 1.82) is 0 Å². The zero-order valence-corrected chi connectivity index (χ0v) is 11.6. The Labute approximate surface area is 107 Å². The van der Waals surface area contributed by atoms with Crippen LogP contribution in [0.25, 0.3) is 0 Å². The van der Waals surface area contributed by atoms with Gasteiger partial charge in [0.1, 0.15) is 5.01 Å². The van der Waals surface area contributed by atoms with Crippen LogP contribution >= 0.6 is 11.3 Å². The molecule has 0 amide bonds. The number of aromatic nitrogens is 1. The molecule has 0 radical (unpaired) electrons. The van der Waals surface area contributed by atoms with Crippen molar-refractivity contribution in [2.24, 2.45) is 0 Å². The zero-order chi connectivity index (χ0) is 12.4. The first-order chi connectivity index (χ1) is 8.06. The molecule has 0 saturated carbocycles. The van der Waals surface area contributed by atoms with Crippen molar-refractivity contribution in [2.75, 3.05) is 5.32 Å². The van der Waals surface area contributed by atoms with Crippen LogP contribution in [-0.2, 0) is 6.54 Å². The molecule has 0 aliphatic heterocycles. The normalized spacial score (nSPS) is 10.6. The average molecular weight is 246 g/mol. The summed E-state index contributed by atoms with van der Waals surface area (Å²) in [4.78, 5) is 4.46. The van der Waals surface area contributed by atoms with Crippen molar-refractivity contribution in [3.8, 4) is 0 Å². The van der Waals surface area contributed by atoms with Gasteiger partial charge in [0.2, 0.25) is 0 Å². The molecular formula is C14H18N2S. The summed E-state index contributed by atoms with van der Waals surface area (Å²) < 4.78 is 0. The standard InChI is InChI=1S/C14H18N2S/c1-9-5-10(2)14(11(3)6-9)15-7-13-16-12(4)8-17-13/h5-6,8,15H,7H2,1-4H3. The predicted octanol–water partition coefficient (Wildman–Crippen LogP) is 3.99. The SMILES string of the molecule is Cc1cc(C)c(NCc2nc(C)cs2)c(C)c1. The fourth-order valence-corrected chi connectivity index (χ4v) is 2.82. The maximum Gasteiger partial charge on any atom is 0.112 e. The molecule has 0 fully saturated rings. The van der Waals surface area contributed by atoms with E-state index >= 15 is 0 Å². The summed E-state index contributed by atoms with van der Waals surface area (Å²) in [5.41, 5.74) is 6.26. The van der Waals surface area contributed by atoms with Gasteiger partial charge in [-0.3, -0.25) is 0 Å². The minimum atomic E-state index is 0.809. The van der Waals surface area contributed by atoms with Gasteiger partial charge in [0.15, 0.2) is 0 Å². The highest BCUT2D eigenvalue weighted by Crippen LogP contribution is 2.23. The lowest BCUT2D eigenvalue weighted by Gasteiger charge is -2.12. The van der Waals surface area contributed by atoms with Crippen molar-refractivity contribution in [3.05, 3.63) is 44.9 Å². The molecule has 0 aliphatic carbocycles. The number of aryl methyl sites for hydroxylation is 4. The predicted molar refractivity (Wildman–Crippen MR) is 74.8 cm³/mol. The Morgan fingerprint density at radius 2 is 1.76 bits per heavy atom. The molecule has 0 bridgehead atoms. The number of thiazole rings is 1. The van der Waals surface area contributed by atoms with Gasteiger partial charge in [-0.1, -0.05) is 17.7 Å². The largest absolute Gasteiger partial charge is 0.378 e. The van der Waals surface area contributed by atoms with E-state index in [1.165, 1.54) is 22.4 Å². The highest BCUT2D eigenvalue weighted by atomic mass is 32.1. The summed E-state index contributed by atoms with van der Waals surface area (Å²) in [7, 11) is 0. The van der Waals surface area contributed by atoms with Gasteiger partial charge in [0, 0.05) is 16.8 Å². The summed E-state index contributed by atoms with van der Waals surface area (Å²) in [6.45, 7) is 9.27. The van der Waals surface area contributed by atoms with E-state index < -0.39 is 0 Å². The highest BCUT2D eigenvalue weighted by Gasteiger charge is 2.04. The first-order valence-corrected chi connectivity index (χ1v) is 6.67. The van der Waals surface area contributed by atoms with Crippen molar-refractivity contribution in [2.45, 2.75) is 34.2 Å². The van der Waals surface area contributed by atoms with Gasteiger partial charge in [-0.05, 0) is 38.8 Å². The molecule has 2 rings (SSSR count). The Morgan fingerprint density at radius 3 is 2.29 bits per heavy atom. The molecule has 2 aromatic rings. The van der Waals surface area contributed by atoms with Crippen LogP contribution < -0.4 is 5.32 Å². The van der Waals surface area contributed by atoms with Crippen molar-refractivity contribution in [3.63, 3.8) is 0 Å². The third kappa shape index (κ3) is 2.86.